The highest BCUT2D eigenvalue weighted by atomic mass is 19.1. The molecule has 2 aromatic carbocycles. The Morgan fingerprint density at radius 2 is 1.88 bits per heavy atom. The van der Waals surface area contributed by atoms with Crippen molar-refractivity contribution in [3.05, 3.63) is 105 Å². The Kier molecular flexibility index (Phi) is 8.49. The molecule has 212 valence electrons. The second-order valence-corrected chi connectivity index (χ2v) is 11.0. The van der Waals surface area contributed by atoms with Gasteiger partial charge in [0.15, 0.2) is 0 Å². The lowest BCUT2D eigenvalue weighted by Crippen LogP contribution is -2.20. The van der Waals surface area contributed by atoms with E-state index in [0.717, 1.165) is 28.5 Å². The number of carbonyl (C=O) groups is 1. The van der Waals surface area contributed by atoms with E-state index < -0.39 is 11.7 Å². The molecular weight excluding hydrogens is 519 g/mol. The zero-order valence-corrected chi connectivity index (χ0v) is 24.1. The van der Waals surface area contributed by atoms with Crippen molar-refractivity contribution >= 4 is 29.3 Å². The fraction of sp³-hybridized carbons (Fsp3) is 0.250. The van der Waals surface area contributed by atoms with Crippen molar-refractivity contribution in [2.24, 2.45) is 7.05 Å². The first kappa shape index (κ1) is 29.4. The van der Waals surface area contributed by atoms with Gasteiger partial charge in [-0.3, -0.25) is 9.59 Å². The molecule has 4 rings (SSSR count). The summed E-state index contributed by atoms with van der Waals surface area (Å²) in [6.45, 7) is 8.38. The number of carbonyl (C=O) groups excluding carboxylic acids is 1. The summed E-state index contributed by atoms with van der Waals surface area (Å²) in [5.74, 6) is -0.778. The Morgan fingerprint density at radius 1 is 1.12 bits per heavy atom. The van der Waals surface area contributed by atoms with Gasteiger partial charge in [-0.05, 0) is 72.0 Å². The summed E-state index contributed by atoms with van der Waals surface area (Å²) in [5, 5.41) is 16.8. The van der Waals surface area contributed by atoms with Crippen LogP contribution in [0.25, 0.3) is 11.1 Å². The number of halogens is 1. The van der Waals surface area contributed by atoms with Crippen molar-refractivity contribution in [1.29, 1.82) is 5.41 Å². The van der Waals surface area contributed by atoms with Crippen LogP contribution >= 0.6 is 0 Å². The summed E-state index contributed by atoms with van der Waals surface area (Å²) in [6.07, 6.45) is 4.47. The molecular formula is C32H35FN6O2. The minimum Gasteiger partial charge on any atom is -0.336 e. The molecule has 0 spiro atoms. The zero-order valence-electron chi connectivity index (χ0n) is 24.1. The van der Waals surface area contributed by atoms with Gasteiger partial charge in [0, 0.05) is 49.0 Å². The predicted octanol–water partition coefficient (Wildman–Crippen LogP) is 5.91. The summed E-state index contributed by atoms with van der Waals surface area (Å²) >= 11 is 0. The summed E-state index contributed by atoms with van der Waals surface area (Å²) in [5.41, 5.74) is 4.31. The minimum absolute atomic E-state index is 0.181. The average molecular weight is 555 g/mol. The van der Waals surface area contributed by atoms with Crippen LogP contribution in [0.5, 0.6) is 0 Å². The van der Waals surface area contributed by atoms with Gasteiger partial charge in [-0.15, -0.1) is 0 Å². The minimum atomic E-state index is -0.677. The molecule has 0 bridgehead atoms. The molecule has 8 nitrogen and oxygen atoms in total. The number of aromatic nitrogens is 2. The van der Waals surface area contributed by atoms with Crippen LogP contribution in [0.3, 0.4) is 0 Å². The third-order valence-corrected chi connectivity index (χ3v) is 6.91. The van der Waals surface area contributed by atoms with Crippen LogP contribution in [0, 0.1) is 18.2 Å². The molecule has 0 saturated carbocycles. The van der Waals surface area contributed by atoms with Gasteiger partial charge in [0.1, 0.15) is 17.3 Å². The number of benzene rings is 2. The molecule has 0 fully saturated rings. The molecule has 1 amide bonds. The molecule has 0 aliphatic carbocycles. The van der Waals surface area contributed by atoms with Gasteiger partial charge >= 0.3 is 0 Å². The van der Waals surface area contributed by atoms with Crippen molar-refractivity contribution in [3.8, 4) is 11.1 Å². The number of amides is 1. The second kappa shape index (κ2) is 11.9. The molecule has 0 radical (unpaired) electrons. The van der Waals surface area contributed by atoms with E-state index in [1.165, 1.54) is 10.6 Å². The number of pyridine rings is 2. The van der Waals surface area contributed by atoms with E-state index in [9.17, 15) is 9.59 Å². The summed E-state index contributed by atoms with van der Waals surface area (Å²) < 4.78 is 16.7. The maximum absolute atomic E-state index is 15.2. The van der Waals surface area contributed by atoms with Gasteiger partial charge in [-0.1, -0.05) is 39.0 Å². The van der Waals surface area contributed by atoms with Crippen LogP contribution in [0.15, 0.2) is 65.7 Å². The summed E-state index contributed by atoms with van der Waals surface area (Å²) in [7, 11) is 3.53. The first-order valence-corrected chi connectivity index (χ1v) is 13.3. The van der Waals surface area contributed by atoms with E-state index in [4.69, 9.17) is 5.41 Å². The average Bonchev–Trinajstić information content (AvgIpc) is 2.92. The first-order chi connectivity index (χ1) is 19.4. The van der Waals surface area contributed by atoms with Crippen molar-refractivity contribution in [1.82, 2.24) is 14.9 Å². The van der Waals surface area contributed by atoms with E-state index in [-0.39, 0.29) is 22.1 Å². The van der Waals surface area contributed by atoms with Gasteiger partial charge in [-0.25, -0.2) is 9.37 Å². The van der Waals surface area contributed by atoms with Crippen molar-refractivity contribution in [2.45, 2.75) is 39.7 Å². The fourth-order valence-electron chi connectivity index (χ4n) is 4.58. The fourth-order valence-corrected chi connectivity index (χ4v) is 4.58. The van der Waals surface area contributed by atoms with Gasteiger partial charge in [0.2, 0.25) is 0 Å². The number of nitrogens with zero attached hydrogens (tertiary/aromatic N) is 2. The number of rotatable bonds is 8. The molecule has 0 atom stereocenters. The highest BCUT2D eigenvalue weighted by Gasteiger charge is 2.23. The molecule has 4 aromatic rings. The van der Waals surface area contributed by atoms with E-state index in [2.05, 4.69) is 20.9 Å². The highest BCUT2D eigenvalue weighted by molar-refractivity contribution is 6.10. The van der Waals surface area contributed by atoms with E-state index in [0.29, 0.717) is 29.3 Å². The molecule has 2 heterocycles. The molecule has 0 unspecified atom stereocenters. The van der Waals surface area contributed by atoms with Crippen molar-refractivity contribution in [2.75, 3.05) is 17.7 Å². The van der Waals surface area contributed by atoms with Gasteiger partial charge in [-0.2, -0.15) is 0 Å². The normalized spacial score (nSPS) is 11.3. The smallest absolute Gasteiger partial charge is 0.274 e. The lowest BCUT2D eigenvalue weighted by molar-refractivity contribution is 0.102. The number of hydrogen-bond acceptors (Lipinski definition) is 6. The molecule has 41 heavy (non-hydrogen) atoms. The van der Waals surface area contributed by atoms with Crippen molar-refractivity contribution < 1.29 is 9.18 Å². The summed E-state index contributed by atoms with van der Waals surface area (Å²) in [4.78, 5) is 30.6. The number of anilines is 3. The quantitative estimate of drug-likeness (QED) is 0.203. The SMILES string of the molecule is CNCc1ccc(Nc2cc(-c3cccc(NC(=O)c4c(F)cc(C(C)(C)C)cc4C=N)c3C)cn(C)c2=O)nc1. The Balaban J connectivity index is 1.67. The van der Waals surface area contributed by atoms with Crippen molar-refractivity contribution in [3.63, 3.8) is 0 Å². The van der Waals surface area contributed by atoms with Crippen LogP contribution in [0.4, 0.5) is 21.6 Å². The van der Waals surface area contributed by atoms with E-state index in [1.54, 1.807) is 43.7 Å². The number of hydrogen-bond donors (Lipinski definition) is 4. The standard InChI is InChI=1S/C32H35FN6O2/c1-19-24(22-13-27(31(41)39(6)18-22)37-28-11-10-20(16-35-5)17-36-28)8-7-9-26(19)38-30(40)29-21(15-34)12-23(14-25(29)33)32(2,3)4/h7-15,17-18,34-35H,16H2,1-6H3,(H,36,37)(H,38,40). The lowest BCUT2D eigenvalue weighted by atomic mass is 9.85. The van der Waals surface area contributed by atoms with Crippen LogP contribution in [0.2, 0.25) is 0 Å². The Hall–Kier alpha value is -4.63. The van der Waals surface area contributed by atoms with E-state index in [1.807, 2.05) is 52.9 Å². The molecule has 2 aromatic heterocycles. The molecule has 0 saturated heterocycles. The predicted molar refractivity (Wildman–Crippen MR) is 163 cm³/mol. The van der Waals surface area contributed by atoms with Gasteiger partial charge in [0.25, 0.3) is 11.5 Å². The molecule has 0 aliphatic rings. The van der Waals surface area contributed by atoms with Crippen LogP contribution in [0.1, 0.15) is 53.4 Å². The van der Waals surface area contributed by atoms with Crippen LogP contribution in [-0.4, -0.2) is 28.7 Å². The van der Waals surface area contributed by atoms with E-state index >= 15 is 4.39 Å². The highest BCUT2D eigenvalue weighted by Crippen LogP contribution is 2.31. The number of aryl methyl sites for hydroxylation is 1. The van der Waals surface area contributed by atoms with Crippen LogP contribution < -0.4 is 21.5 Å². The lowest BCUT2D eigenvalue weighted by Gasteiger charge is -2.21. The zero-order chi connectivity index (χ0) is 29.9. The molecule has 4 N–H and O–H groups in total. The maximum Gasteiger partial charge on any atom is 0.274 e. The Bertz CT molecular complexity index is 1670. The largest absolute Gasteiger partial charge is 0.336 e. The third-order valence-electron chi connectivity index (χ3n) is 6.91. The Labute approximate surface area is 239 Å². The van der Waals surface area contributed by atoms with Gasteiger partial charge in [0.05, 0.1) is 5.56 Å². The number of nitrogens with one attached hydrogen (secondary N) is 4. The summed E-state index contributed by atoms with van der Waals surface area (Å²) in [6, 6.07) is 13.9. The second-order valence-electron chi connectivity index (χ2n) is 11.0. The topological polar surface area (TPSA) is 112 Å². The van der Waals surface area contributed by atoms with Gasteiger partial charge < -0.3 is 25.9 Å². The Morgan fingerprint density at radius 3 is 2.51 bits per heavy atom. The first-order valence-electron chi connectivity index (χ1n) is 13.3. The van der Waals surface area contributed by atoms with Crippen LogP contribution in [-0.2, 0) is 19.0 Å². The molecule has 0 aliphatic heterocycles. The molecule has 9 heteroatoms. The maximum atomic E-state index is 15.2. The monoisotopic (exact) mass is 554 g/mol. The third kappa shape index (κ3) is 6.41.